The van der Waals surface area contributed by atoms with Crippen LogP contribution in [0.1, 0.15) is 9.67 Å². The number of hydrogen-bond donors (Lipinski definition) is 1. The Morgan fingerprint density at radius 3 is 2.89 bits per heavy atom. The monoisotopic (exact) mass is 327 g/mol. The van der Waals surface area contributed by atoms with Gasteiger partial charge in [-0.2, -0.15) is 0 Å². The van der Waals surface area contributed by atoms with Gasteiger partial charge in [0, 0.05) is 5.56 Å². The van der Waals surface area contributed by atoms with Gasteiger partial charge in [-0.1, -0.05) is 0 Å². The van der Waals surface area contributed by atoms with Crippen LogP contribution in [0.15, 0.2) is 22.8 Å². The fraction of sp³-hybridized carbons (Fsp3) is 0.0909. The van der Waals surface area contributed by atoms with Crippen LogP contribution in [0.3, 0.4) is 0 Å². The molecule has 1 aromatic heterocycles. The molecule has 0 atom stereocenters. The molecule has 0 saturated carbocycles. The lowest BCUT2D eigenvalue weighted by Gasteiger charge is -1.98. The lowest BCUT2D eigenvalue weighted by atomic mass is 10.2. The lowest BCUT2D eigenvalue weighted by molar-refractivity contribution is 0.0701. The van der Waals surface area contributed by atoms with Crippen molar-refractivity contribution in [2.45, 2.75) is 0 Å². The Hall–Kier alpha value is -1.60. The molecule has 1 N–H and O–H groups in total. The molecule has 5 nitrogen and oxygen atoms in total. The molecule has 0 fully saturated rings. The lowest BCUT2D eigenvalue weighted by Crippen LogP contribution is -1.92. The van der Waals surface area contributed by atoms with Crippen molar-refractivity contribution in [2.24, 2.45) is 0 Å². The zero-order valence-corrected chi connectivity index (χ0v) is 11.2. The van der Waals surface area contributed by atoms with Gasteiger partial charge < -0.3 is 14.6 Å². The quantitative estimate of drug-likeness (QED) is 0.918. The smallest absolute Gasteiger partial charge is 0.348 e. The second kappa shape index (κ2) is 4.25. The van der Waals surface area contributed by atoms with Gasteiger partial charge in [-0.3, -0.25) is 0 Å². The van der Waals surface area contributed by atoms with Crippen LogP contribution >= 0.6 is 27.3 Å². The maximum absolute atomic E-state index is 10.9. The second-order valence-corrected chi connectivity index (χ2v) is 5.26. The van der Waals surface area contributed by atoms with Gasteiger partial charge in [0.1, 0.15) is 14.5 Å². The van der Waals surface area contributed by atoms with Crippen molar-refractivity contribution in [1.29, 1.82) is 0 Å². The van der Waals surface area contributed by atoms with Crippen LogP contribution in [0.25, 0.3) is 10.6 Å². The largest absolute Gasteiger partial charge is 0.477 e. The normalized spacial score (nSPS) is 12.7. The van der Waals surface area contributed by atoms with Crippen LogP contribution in [0.5, 0.6) is 11.5 Å². The van der Waals surface area contributed by atoms with Gasteiger partial charge in [0.05, 0.1) is 0 Å². The molecule has 3 rings (SSSR count). The van der Waals surface area contributed by atoms with E-state index in [0.29, 0.717) is 21.1 Å². The van der Waals surface area contributed by atoms with Crippen LogP contribution in [0.2, 0.25) is 0 Å². The summed E-state index contributed by atoms with van der Waals surface area (Å²) in [6, 6.07) is 5.40. The van der Waals surface area contributed by atoms with E-state index in [9.17, 15) is 4.79 Å². The Morgan fingerprint density at radius 1 is 1.39 bits per heavy atom. The van der Waals surface area contributed by atoms with E-state index in [1.807, 2.05) is 6.07 Å². The number of halogens is 1. The first kappa shape index (κ1) is 11.5. The first-order chi connectivity index (χ1) is 8.65. The summed E-state index contributed by atoms with van der Waals surface area (Å²) in [7, 11) is 0. The summed E-state index contributed by atoms with van der Waals surface area (Å²) in [5.41, 5.74) is 0.803. The van der Waals surface area contributed by atoms with Crippen molar-refractivity contribution in [3.63, 3.8) is 0 Å². The topological polar surface area (TPSA) is 68.7 Å². The maximum Gasteiger partial charge on any atom is 0.348 e. The number of thiazole rings is 1. The number of aromatic carboxylic acids is 1. The van der Waals surface area contributed by atoms with E-state index in [2.05, 4.69) is 20.9 Å². The van der Waals surface area contributed by atoms with E-state index in [0.717, 1.165) is 16.9 Å². The number of aromatic nitrogens is 1. The number of rotatable bonds is 2. The molecule has 92 valence electrons. The van der Waals surface area contributed by atoms with E-state index in [1.165, 1.54) is 0 Å². The summed E-state index contributed by atoms with van der Waals surface area (Å²) < 4.78 is 10.8. The molecule has 0 bridgehead atoms. The molecular weight excluding hydrogens is 322 g/mol. The molecule has 2 heterocycles. The van der Waals surface area contributed by atoms with Crippen LogP contribution < -0.4 is 9.47 Å². The summed E-state index contributed by atoms with van der Waals surface area (Å²) in [5.74, 6) is 0.342. The zero-order valence-electron chi connectivity index (χ0n) is 8.84. The van der Waals surface area contributed by atoms with Gasteiger partial charge in [0.2, 0.25) is 6.79 Å². The van der Waals surface area contributed by atoms with E-state index < -0.39 is 5.97 Å². The third-order valence-corrected chi connectivity index (χ3v) is 4.33. The Morgan fingerprint density at radius 2 is 2.17 bits per heavy atom. The van der Waals surface area contributed by atoms with Gasteiger partial charge >= 0.3 is 5.97 Å². The first-order valence-electron chi connectivity index (χ1n) is 4.95. The van der Waals surface area contributed by atoms with Crippen molar-refractivity contribution in [3.8, 4) is 22.1 Å². The predicted molar refractivity (Wildman–Crippen MR) is 68.3 cm³/mol. The average Bonchev–Trinajstić information content (AvgIpc) is 2.93. The summed E-state index contributed by atoms with van der Waals surface area (Å²) in [4.78, 5) is 15.3. The Bertz CT molecular complexity index is 640. The molecule has 1 aromatic carbocycles. The number of carboxylic acid groups (broad SMARTS) is 1. The minimum Gasteiger partial charge on any atom is -0.477 e. The van der Waals surface area contributed by atoms with Crippen LogP contribution in [0, 0.1) is 0 Å². The van der Waals surface area contributed by atoms with Crippen LogP contribution in [-0.2, 0) is 0 Å². The minimum absolute atomic E-state index is 0.183. The number of ether oxygens (including phenoxy) is 2. The fourth-order valence-corrected chi connectivity index (χ4v) is 3.09. The molecule has 0 saturated heterocycles. The van der Waals surface area contributed by atoms with Crippen molar-refractivity contribution in [2.75, 3.05) is 6.79 Å². The molecule has 2 aromatic rings. The Kier molecular flexibility index (Phi) is 2.71. The van der Waals surface area contributed by atoms with Crippen LogP contribution in [-0.4, -0.2) is 22.9 Å². The molecule has 0 spiro atoms. The number of fused-ring (bicyclic) bond motifs is 1. The fourth-order valence-electron chi connectivity index (χ4n) is 1.59. The molecule has 1 aliphatic heterocycles. The van der Waals surface area contributed by atoms with Gasteiger partial charge in [-0.05, 0) is 34.1 Å². The summed E-state index contributed by atoms with van der Waals surface area (Å²) in [6.45, 7) is 0.209. The molecule has 0 amide bonds. The first-order valence-corrected chi connectivity index (χ1v) is 6.56. The molecule has 18 heavy (non-hydrogen) atoms. The second-order valence-electron chi connectivity index (χ2n) is 3.51. The minimum atomic E-state index is -0.994. The number of carboxylic acids is 1. The molecule has 7 heteroatoms. The van der Waals surface area contributed by atoms with E-state index in [-0.39, 0.29) is 11.7 Å². The van der Waals surface area contributed by atoms with Crippen molar-refractivity contribution >= 4 is 33.2 Å². The Labute approximate surface area is 114 Å². The molecule has 0 radical (unpaired) electrons. The molecule has 0 unspecified atom stereocenters. The molecule has 0 aliphatic carbocycles. The standard InChI is InChI=1S/C11H6BrNO4S/c12-9-8(11(14)15)18-10(13-9)5-1-2-6-7(3-5)17-4-16-6/h1-3H,4H2,(H,14,15). The number of nitrogens with zero attached hydrogens (tertiary/aromatic N) is 1. The van der Waals surface area contributed by atoms with Crippen LogP contribution in [0.4, 0.5) is 0 Å². The highest BCUT2D eigenvalue weighted by Crippen LogP contribution is 2.38. The number of hydrogen-bond acceptors (Lipinski definition) is 5. The summed E-state index contributed by atoms with van der Waals surface area (Å²) in [6.07, 6.45) is 0. The van der Waals surface area contributed by atoms with E-state index in [4.69, 9.17) is 14.6 Å². The third-order valence-electron chi connectivity index (χ3n) is 2.40. The molecule has 1 aliphatic rings. The highest BCUT2D eigenvalue weighted by molar-refractivity contribution is 9.10. The van der Waals surface area contributed by atoms with E-state index >= 15 is 0 Å². The summed E-state index contributed by atoms with van der Waals surface area (Å²) >= 11 is 4.25. The Balaban J connectivity index is 2.05. The van der Waals surface area contributed by atoms with Crippen molar-refractivity contribution in [1.82, 2.24) is 4.98 Å². The molecular formula is C11H6BrNO4S. The number of benzene rings is 1. The van der Waals surface area contributed by atoms with E-state index in [1.54, 1.807) is 12.1 Å². The van der Waals surface area contributed by atoms with Crippen molar-refractivity contribution < 1.29 is 19.4 Å². The van der Waals surface area contributed by atoms with Gasteiger partial charge in [0.25, 0.3) is 0 Å². The average molecular weight is 328 g/mol. The summed E-state index contributed by atoms with van der Waals surface area (Å²) in [5, 5.41) is 9.60. The van der Waals surface area contributed by atoms with Gasteiger partial charge in [-0.15, -0.1) is 11.3 Å². The highest BCUT2D eigenvalue weighted by atomic mass is 79.9. The third kappa shape index (κ3) is 1.85. The predicted octanol–water partition coefficient (Wildman–Crippen LogP) is 3.00. The zero-order chi connectivity index (χ0) is 12.7. The number of carbonyl (C=O) groups is 1. The highest BCUT2D eigenvalue weighted by Gasteiger charge is 2.19. The van der Waals surface area contributed by atoms with Gasteiger partial charge in [-0.25, -0.2) is 9.78 Å². The SMILES string of the molecule is O=C(O)c1sc(-c2ccc3c(c2)OCO3)nc1Br. The van der Waals surface area contributed by atoms with Gasteiger partial charge in [0.15, 0.2) is 11.5 Å². The van der Waals surface area contributed by atoms with Crippen molar-refractivity contribution in [3.05, 3.63) is 27.7 Å². The maximum atomic E-state index is 10.9.